The van der Waals surface area contributed by atoms with Gasteiger partial charge in [0.2, 0.25) is 0 Å². The van der Waals surface area contributed by atoms with Crippen molar-refractivity contribution < 1.29 is 19.0 Å². The molecule has 0 unspecified atom stereocenters. The predicted octanol–water partition coefficient (Wildman–Crippen LogP) is 4.74. The quantitative estimate of drug-likeness (QED) is 0.614. The minimum absolute atomic E-state index is 0.178. The lowest BCUT2D eigenvalue weighted by atomic mass is 10.1. The van der Waals surface area contributed by atoms with Gasteiger partial charge in [0.25, 0.3) is 0 Å². The largest absolute Gasteiger partial charge is 0.497 e. The fourth-order valence-corrected chi connectivity index (χ4v) is 4.14. The molecule has 0 atom stereocenters. The minimum atomic E-state index is -0.178. The number of carbonyl (C=O) groups excluding carboxylic acids is 1. The number of piperazine rings is 1. The maximum Gasteiger partial charge on any atom is 0.322 e. The number of ether oxygens (including phenoxy) is 3. The second kappa shape index (κ2) is 9.35. The van der Waals surface area contributed by atoms with Gasteiger partial charge >= 0.3 is 6.03 Å². The van der Waals surface area contributed by atoms with E-state index in [1.165, 1.54) is 0 Å². The lowest BCUT2D eigenvalue weighted by Gasteiger charge is -2.36. The van der Waals surface area contributed by atoms with Gasteiger partial charge < -0.3 is 29.3 Å². The van der Waals surface area contributed by atoms with E-state index < -0.39 is 0 Å². The Kier molecular flexibility index (Phi) is 5.95. The number of amides is 2. The molecule has 3 aromatic rings. The summed E-state index contributed by atoms with van der Waals surface area (Å²) < 4.78 is 16.8. The van der Waals surface area contributed by atoms with Crippen LogP contribution < -0.4 is 19.5 Å². The van der Waals surface area contributed by atoms with Gasteiger partial charge in [-0.3, -0.25) is 0 Å². The van der Waals surface area contributed by atoms with E-state index in [9.17, 15) is 4.79 Å². The van der Waals surface area contributed by atoms with Crippen LogP contribution in [-0.2, 0) is 0 Å². The molecule has 1 fully saturated rings. The average molecular weight is 459 g/mol. The van der Waals surface area contributed by atoms with Crippen LogP contribution in [0.4, 0.5) is 16.2 Å². The van der Waals surface area contributed by atoms with Crippen molar-refractivity contribution >= 4 is 23.2 Å². The second-order valence-corrected chi connectivity index (χ2v) is 7.97. The number of nitrogens with one attached hydrogen (secondary N) is 1. The van der Waals surface area contributed by atoms with Crippen LogP contribution in [0, 0.1) is 0 Å². The van der Waals surface area contributed by atoms with E-state index in [4.69, 9.17) is 19.2 Å². The van der Waals surface area contributed by atoms with Crippen LogP contribution in [0.1, 0.15) is 5.56 Å². The molecule has 8 heteroatoms. The van der Waals surface area contributed by atoms with Gasteiger partial charge in [0.05, 0.1) is 25.5 Å². The van der Waals surface area contributed by atoms with Crippen LogP contribution in [-0.4, -0.2) is 62.1 Å². The Hall–Kier alpha value is -4.20. The molecule has 0 aromatic heterocycles. The summed E-state index contributed by atoms with van der Waals surface area (Å²) in [6, 6.07) is 20.8. The zero-order valence-corrected chi connectivity index (χ0v) is 19.2. The van der Waals surface area contributed by atoms with Gasteiger partial charge in [0, 0.05) is 32.2 Å². The fourth-order valence-electron chi connectivity index (χ4n) is 4.14. The Morgan fingerprint density at radius 2 is 1.65 bits per heavy atom. The summed E-state index contributed by atoms with van der Waals surface area (Å²) in [5.74, 6) is 3.59. The Labute approximate surface area is 198 Å². The first-order valence-corrected chi connectivity index (χ1v) is 11.1. The van der Waals surface area contributed by atoms with Crippen molar-refractivity contribution in [1.82, 2.24) is 9.80 Å². The normalized spacial score (nSPS) is 14.7. The molecule has 2 aliphatic heterocycles. The van der Waals surface area contributed by atoms with Gasteiger partial charge in [-0.1, -0.05) is 24.3 Å². The number of fused-ring (bicyclic) bond motifs is 2. The molecule has 2 aliphatic rings. The smallest absolute Gasteiger partial charge is 0.322 e. The molecule has 5 rings (SSSR count). The topological polar surface area (TPSA) is 75.6 Å². The Morgan fingerprint density at radius 1 is 0.912 bits per heavy atom. The number of benzene rings is 3. The molecular weight excluding hydrogens is 432 g/mol. The summed E-state index contributed by atoms with van der Waals surface area (Å²) in [6.45, 7) is 2.42. The Morgan fingerprint density at radius 3 is 2.41 bits per heavy atom. The van der Waals surface area contributed by atoms with E-state index in [2.05, 4.69) is 10.2 Å². The lowest BCUT2D eigenvalue weighted by molar-refractivity contribution is 0.181. The van der Waals surface area contributed by atoms with Crippen molar-refractivity contribution in [1.29, 1.82) is 0 Å². The van der Waals surface area contributed by atoms with Crippen LogP contribution in [0.2, 0.25) is 0 Å². The molecule has 1 saturated heterocycles. The second-order valence-electron chi connectivity index (χ2n) is 7.97. The van der Waals surface area contributed by atoms with Gasteiger partial charge in [-0.05, 0) is 36.4 Å². The number of rotatable bonds is 3. The first-order chi connectivity index (χ1) is 16.7. The van der Waals surface area contributed by atoms with Gasteiger partial charge in [0.15, 0.2) is 5.75 Å². The zero-order chi connectivity index (χ0) is 23.5. The van der Waals surface area contributed by atoms with Crippen molar-refractivity contribution in [3.8, 4) is 23.0 Å². The molecule has 3 aromatic carbocycles. The summed E-state index contributed by atoms with van der Waals surface area (Å²) in [6.07, 6.45) is 0. The number of anilines is 1. The van der Waals surface area contributed by atoms with E-state index in [0.717, 1.165) is 28.6 Å². The molecule has 1 N–H and O–H groups in total. The Bertz CT molecular complexity index is 1230. The molecule has 0 saturated carbocycles. The van der Waals surface area contributed by atoms with Crippen molar-refractivity contribution in [2.45, 2.75) is 0 Å². The lowest BCUT2D eigenvalue weighted by Crippen LogP contribution is -2.51. The van der Waals surface area contributed by atoms with Crippen LogP contribution in [0.15, 0.2) is 71.7 Å². The molecule has 0 bridgehead atoms. The van der Waals surface area contributed by atoms with E-state index >= 15 is 0 Å². The average Bonchev–Trinajstić information content (AvgIpc) is 3.05. The number of carbonyl (C=O) groups is 1. The van der Waals surface area contributed by atoms with E-state index in [1.54, 1.807) is 37.3 Å². The van der Waals surface area contributed by atoms with Crippen LogP contribution in [0.5, 0.6) is 23.0 Å². The zero-order valence-electron chi connectivity index (χ0n) is 19.2. The van der Waals surface area contributed by atoms with E-state index in [0.29, 0.717) is 43.4 Å². The monoisotopic (exact) mass is 458 g/mol. The third kappa shape index (κ3) is 4.22. The molecule has 2 amide bonds. The SMILES string of the molecule is COc1ccc(OC)c(NC(=O)N2CCN(C3=Nc4ccccc4Oc4ccccc43)CC2)c1. The Balaban J connectivity index is 1.33. The molecule has 2 heterocycles. The highest BCUT2D eigenvalue weighted by atomic mass is 16.5. The summed E-state index contributed by atoms with van der Waals surface area (Å²) in [4.78, 5) is 21.9. The number of para-hydroxylation sites is 3. The number of aliphatic imine (C=N–C) groups is 1. The van der Waals surface area contributed by atoms with Crippen LogP contribution in [0.3, 0.4) is 0 Å². The summed E-state index contributed by atoms with van der Waals surface area (Å²) in [5, 5.41) is 2.95. The van der Waals surface area contributed by atoms with Crippen molar-refractivity contribution in [2.24, 2.45) is 4.99 Å². The molecule has 34 heavy (non-hydrogen) atoms. The number of urea groups is 1. The van der Waals surface area contributed by atoms with Gasteiger partial charge in [-0.2, -0.15) is 0 Å². The summed E-state index contributed by atoms with van der Waals surface area (Å²) in [7, 11) is 3.16. The number of nitrogens with zero attached hydrogens (tertiary/aromatic N) is 3. The summed E-state index contributed by atoms with van der Waals surface area (Å²) >= 11 is 0. The van der Waals surface area contributed by atoms with Crippen LogP contribution in [0.25, 0.3) is 0 Å². The van der Waals surface area contributed by atoms with Gasteiger partial charge in [0.1, 0.15) is 28.8 Å². The maximum absolute atomic E-state index is 13.0. The van der Waals surface area contributed by atoms with Crippen molar-refractivity contribution in [3.63, 3.8) is 0 Å². The number of hydrogen-bond acceptors (Lipinski definition) is 6. The predicted molar refractivity (Wildman–Crippen MR) is 131 cm³/mol. The third-order valence-electron chi connectivity index (χ3n) is 5.95. The first-order valence-electron chi connectivity index (χ1n) is 11.1. The highest BCUT2D eigenvalue weighted by molar-refractivity contribution is 6.04. The summed E-state index contributed by atoms with van der Waals surface area (Å²) in [5.41, 5.74) is 2.31. The molecule has 174 valence electrons. The molecular formula is C26H26N4O4. The molecule has 0 aliphatic carbocycles. The number of methoxy groups -OCH3 is 2. The van der Waals surface area contributed by atoms with E-state index in [1.807, 2.05) is 48.5 Å². The molecule has 0 spiro atoms. The number of hydrogen-bond donors (Lipinski definition) is 1. The standard InChI is InChI=1S/C26H26N4O4/c1-32-18-11-12-23(33-2)21(17-18)28-26(31)30-15-13-29(14-16-30)25-19-7-3-5-9-22(19)34-24-10-6-4-8-20(24)27-25/h3-12,17H,13-16H2,1-2H3,(H,28,31). The van der Waals surface area contributed by atoms with Crippen molar-refractivity contribution in [2.75, 3.05) is 45.7 Å². The highest BCUT2D eigenvalue weighted by Crippen LogP contribution is 2.38. The maximum atomic E-state index is 13.0. The fraction of sp³-hybridized carbons (Fsp3) is 0.231. The van der Waals surface area contributed by atoms with Gasteiger partial charge in [-0.15, -0.1) is 0 Å². The van der Waals surface area contributed by atoms with Gasteiger partial charge in [-0.25, -0.2) is 9.79 Å². The van der Waals surface area contributed by atoms with E-state index in [-0.39, 0.29) is 6.03 Å². The highest BCUT2D eigenvalue weighted by Gasteiger charge is 2.27. The third-order valence-corrected chi connectivity index (χ3v) is 5.95. The molecule has 0 radical (unpaired) electrons. The van der Waals surface area contributed by atoms with Crippen molar-refractivity contribution in [3.05, 3.63) is 72.3 Å². The minimum Gasteiger partial charge on any atom is -0.497 e. The first kappa shape index (κ1) is 21.6. The van der Waals surface area contributed by atoms with Crippen LogP contribution >= 0.6 is 0 Å². The number of amidine groups is 1. The molecule has 8 nitrogen and oxygen atoms in total.